The summed E-state index contributed by atoms with van der Waals surface area (Å²) in [6.07, 6.45) is 0. The molecular weight excluding hydrogens is 312 g/mol. The van der Waals surface area contributed by atoms with E-state index in [1.807, 2.05) is 0 Å². The molecule has 6 nitrogen and oxygen atoms in total. The Balaban J connectivity index is 2.95. The highest BCUT2D eigenvalue weighted by atomic mass is 32.2. The first-order valence-electron chi connectivity index (χ1n) is 6.12. The van der Waals surface area contributed by atoms with Crippen LogP contribution in [0.4, 0.5) is 0 Å². The Morgan fingerprint density at radius 1 is 1.48 bits per heavy atom. The van der Waals surface area contributed by atoms with Gasteiger partial charge in [0, 0.05) is 19.2 Å². The standard InChI is InChI=1S/C13H18N2O4S2/c1-9(13(16)19-3)21(17,18)15(2)8-10-5-4-6-11(7-10)12(14)20/h4-7,9H,8H2,1-3H3,(H2,14,20). The van der Waals surface area contributed by atoms with Crippen molar-refractivity contribution in [3.63, 3.8) is 0 Å². The summed E-state index contributed by atoms with van der Waals surface area (Å²) in [4.78, 5) is 11.6. The molecule has 1 rings (SSSR count). The van der Waals surface area contributed by atoms with Gasteiger partial charge in [-0.3, -0.25) is 4.79 Å². The van der Waals surface area contributed by atoms with E-state index >= 15 is 0 Å². The summed E-state index contributed by atoms with van der Waals surface area (Å²) < 4.78 is 30.0. The van der Waals surface area contributed by atoms with Gasteiger partial charge in [0.05, 0.1) is 7.11 Å². The Morgan fingerprint density at radius 2 is 2.10 bits per heavy atom. The van der Waals surface area contributed by atoms with E-state index in [2.05, 4.69) is 4.74 Å². The first kappa shape index (κ1) is 17.5. The minimum absolute atomic E-state index is 0.111. The lowest BCUT2D eigenvalue weighted by Gasteiger charge is -2.20. The highest BCUT2D eigenvalue weighted by Crippen LogP contribution is 2.14. The van der Waals surface area contributed by atoms with Crippen LogP contribution in [0.25, 0.3) is 0 Å². The fourth-order valence-corrected chi connectivity index (χ4v) is 3.06. The average molecular weight is 330 g/mol. The minimum atomic E-state index is -3.79. The van der Waals surface area contributed by atoms with Crippen molar-refractivity contribution >= 4 is 33.2 Å². The van der Waals surface area contributed by atoms with Gasteiger partial charge in [-0.05, 0) is 18.6 Å². The van der Waals surface area contributed by atoms with Crippen molar-refractivity contribution in [2.45, 2.75) is 18.7 Å². The van der Waals surface area contributed by atoms with E-state index in [1.54, 1.807) is 24.3 Å². The second-order valence-electron chi connectivity index (χ2n) is 4.53. The lowest BCUT2D eigenvalue weighted by molar-refractivity contribution is -0.139. The quantitative estimate of drug-likeness (QED) is 0.608. The summed E-state index contributed by atoms with van der Waals surface area (Å²) >= 11 is 4.88. The summed E-state index contributed by atoms with van der Waals surface area (Å²) in [5.41, 5.74) is 6.93. The van der Waals surface area contributed by atoms with Gasteiger partial charge in [0.15, 0.2) is 5.25 Å². The van der Waals surface area contributed by atoms with Crippen LogP contribution in [-0.2, 0) is 26.1 Å². The molecule has 1 unspecified atom stereocenters. The number of carbonyl (C=O) groups is 1. The van der Waals surface area contributed by atoms with E-state index in [-0.39, 0.29) is 11.5 Å². The molecule has 2 N–H and O–H groups in total. The van der Waals surface area contributed by atoms with Crippen LogP contribution in [0, 0.1) is 0 Å². The fraction of sp³-hybridized carbons (Fsp3) is 0.385. The summed E-state index contributed by atoms with van der Waals surface area (Å²) in [6, 6.07) is 6.97. The van der Waals surface area contributed by atoms with E-state index in [0.717, 1.165) is 17.0 Å². The molecule has 1 aromatic carbocycles. The van der Waals surface area contributed by atoms with Crippen molar-refractivity contribution in [2.24, 2.45) is 5.73 Å². The molecule has 1 aromatic rings. The van der Waals surface area contributed by atoms with Gasteiger partial charge < -0.3 is 10.5 Å². The largest absolute Gasteiger partial charge is 0.468 e. The normalized spacial score (nSPS) is 13.0. The van der Waals surface area contributed by atoms with E-state index in [4.69, 9.17) is 18.0 Å². The van der Waals surface area contributed by atoms with E-state index in [9.17, 15) is 13.2 Å². The fourth-order valence-electron chi connectivity index (χ4n) is 1.73. The van der Waals surface area contributed by atoms with Crippen molar-refractivity contribution < 1.29 is 17.9 Å². The minimum Gasteiger partial charge on any atom is -0.468 e. The number of ether oxygens (including phenoxy) is 1. The zero-order valence-corrected chi connectivity index (χ0v) is 13.7. The van der Waals surface area contributed by atoms with Gasteiger partial charge >= 0.3 is 5.97 Å². The third kappa shape index (κ3) is 4.23. The lowest BCUT2D eigenvalue weighted by atomic mass is 10.1. The molecule has 0 bridgehead atoms. The van der Waals surface area contributed by atoms with Gasteiger partial charge in [-0.2, -0.15) is 4.31 Å². The maximum atomic E-state index is 12.2. The first-order chi connectivity index (χ1) is 9.70. The van der Waals surface area contributed by atoms with Gasteiger partial charge in [0.25, 0.3) is 0 Å². The summed E-state index contributed by atoms with van der Waals surface area (Å²) in [5.74, 6) is -0.793. The number of nitrogens with two attached hydrogens (primary N) is 1. The topological polar surface area (TPSA) is 89.7 Å². The van der Waals surface area contributed by atoms with Gasteiger partial charge in [-0.1, -0.05) is 30.4 Å². The maximum Gasteiger partial charge on any atom is 0.325 e. The Bertz CT molecular complexity index is 643. The number of thiocarbonyl (C=S) groups is 1. The Labute approximate surface area is 129 Å². The van der Waals surface area contributed by atoms with Crippen LogP contribution in [-0.4, -0.2) is 43.1 Å². The average Bonchev–Trinajstić information content (AvgIpc) is 2.45. The number of sulfonamides is 1. The molecule has 1 atom stereocenters. The molecule has 0 aliphatic rings. The van der Waals surface area contributed by atoms with E-state index in [1.165, 1.54) is 14.0 Å². The molecule has 21 heavy (non-hydrogen) atoms. The number of nitrogens with zero attached hydrogens (tertiary/aromatic N) is 1. The summed E-state index contributed by atoms with van der Waals surface area (Å²) in [6.45, 7) is 1.41. The number of rotatable bonds is 6. The van der Waals surface area contributed by atoms with Gasteiger partial charge in [0.1, 0.15) is 4.99 Å². The third-order valence-corrected chi connectivity index (χ3v) is 5.35. The van der Waals surface area contributed by atoms with Crippen LogP contribution >= 0.6 is 12.2 Å². The van der Waals surface area contributed by atoms with E-state index in [0.29, 0.717) is 5.56 Å². The van der Waals surface area contributed by atoms with Crippen molar-refractivity contribution in [1.82, 2.24) is 4.31 Å². The van der Waals surface area contributed by atoms with Crippen molar-refractivity contribution in [1.29, 1.82) is 0 Å². The molecule has 116 valence electrons. The second-order valence-corrected chi connectivity index (χ2v) is 7.33. The molecule has 0 aliphatic heterocycles. The lowest BCUT2D eigenvalue weighted by Crippen LogP contribution is -2.39. The molecule has 0 spiro atoms. The zero-order chi connectivity index (χ0) is 16.2. The van der Waals surface area contributed by atoms with Gasteiger partial charge in [0.2, 0.25) is 10.0 Å². The molecule has 0 fully saturated rings. The summed E-state index contributed by atoms with van der Waals surface area (Å²) in [5, 5.41) is -1.26. The number of carbonyl (C=O) groups excluding carboxylic acids is 1. The smallest absolute Gasteiger partial charge is 0.325 e. The van der Waals surface area contributed by atoms with Crippen LogP contribution in [0.1, 0.15) is 18.1 Å². The Kier molecular flexibility index (Phi) is 5.82. The van der Waals surface area contributed by atoms with Gasteiger partial charge in [-0.25, -0.2) is 8.42 Å². The number of hydrogen-bond donors (Lipinski definition) is 1. The second kappa shape index (κ2) is 6.97. The SMILES string of the molecule is COC(=O)C(C)S(=O)(=O)N(C)Cc1cccc(C(N)=S)c1. The van der Waals surface area contributed by atoms with Crippen molar-refractivity contribution in [2.75, 3.05) is 14.2 Å². The highest BCUT2D eigenvalue weighted by molar-refractivity contribution is 7.90. The number of methoxy groups -OCH3 is 1. The molecule has 0 heterocycles. The number of esters is 1. The monoisotopic (exact) mass is 330 g/mol. The van der Waals surface area contributed by atoms with E-state index < -0.39 is 21.2 Å². The van der Waals surface area contributed by atoms with Crippen molar-refractivity contribution in [3.8, 4) is 0 Å². The Morgan fingerprint density at radius 3 is 2.62 bits per heavy atom. The number of hydrogen-bond acceptors (Lipinski definition) is 5. The molecule has 0 aromatic heterocycles. The molecule has 8 heteroatoms. The molecule has 0 radical (unpaired) electrons. The third-order valence-electron chi connectivity index (χ3n) is 3.03. The van der Waals surface area contributed by atoms with Crippen LogP contribution < -0.4 is 5.73 Å². The Hall–Kier alpha value is -1.51. The predicted octanol–water partition coefficient (Wildman–Crippen LogP) is 0.644. The van der Waals surface area contributed by atoms with Crippen molar-refractivity contribution in [3.05, 3.63) is 35.4 Å². The maximum absolute atomic E-state index is 12.2. The van der Waals surface area contributed by atoms with Crippen LogP contribution in [0.2, 0.25) is 0 Å². The number of benzene rings is 1. The molecule has 0 saturated heterocycles. The predicted molar refractivity (Wildman–Crippen MR) is 84.2 cm³/mol. The first-order valence-corrected chi connectivity index (χ1v) is 8.03. The highest BCUT2D eigenvalue weighted by Gasteiger charge is 2.32. The molecule has 0 saturated carbocycles. The zero-order valence-electron chi connectivity index (χ0n) is 12.1. The summed E-state index contributed by atoms with van der Waals surface area (Å²) in [7, 11) is -1.23. The van der Waals surface area contributed by atoms with Crippen LogP contribution in [0.15, 0.2) is 24.3 Å². The molecular formula is C13H18N2O4S2. The molecule has 0 aliphatic carbocycles. The van der Waals surface area contributed by atoms with Crippen LogP contribution in [0.3, 0.4) is 0 Å². The molecule has 0 amide bonds. The van der Waals surface area contributed by atoms with Crippen LogP contribution in [0.5, 0.6) is 0 Å². The van der Waals surface area contributed by atoms with Gasteiger partial charge in [-0.15, -0.1) is 0 Å².